The number of aromatic nitrogens is 1. The number of urea groups is 1. The summed E-state index contributed by atoms with van der Waals surface area (Å²) >= 11 is 0. The van der Waals surface area contributed by atoms with E-state index in [4.69, 9.17) is 4.74 Å². The third kappa shape index (κ3) is 4.99. The number of hydrogen-bond acceptors (Lipinski definition) is 3. The van der Waals surface area contributed by atoms with Crippen LogP contribution in [0.3, 0.4) is 0 Å². The highest BCUT2D eigenvalue weighted by Gasteiger charge is 1.97. The number of benzene rings is 1. The van der Waals surface area contributed by atoms with Gasteiger partial charge >= 0.3 is 6.03 Å². The van der Waals surface area contributed by atoms with Gasteiger partial charge in [0.2, 0.25) is 0 Å². The van der Waals surface area contributed by atoms with Crippen LogP contribution in [0.25, 0.3) is 6.08 Å². The number of hydrogen-bond donors (Lipinski definition) is 2. The fourth-order valence-electron chi connectivity index (χ4n) is 1.69. The summed E-state index contributed by atoms with van der Waals surface area (Å²) in [6, 6.07) is 11.0. The quantitative estimate of drug-likeness (QED) is 0.886. The first-order valence-corrected chi connectivity index (χ1v) is 6.52. The van der Waals surface area contributed by atoms with Crippen LogP contribution < -0.4 is 15.4 Å². The predicted octanol–water partition coefficient (Wildman–Crippen LogP) is 2.56. The molecule has 1 aromatic heterocycles. The zero-order chi connectivity index (χ0) is 14.9. The highest BCUT2D eigenvalue weighted by molar-refractivity contribution is 5.75. The van der Waals surface area contributed by atoms with Crippen molar-refractivity contribution < 1.29 is 9.53 Å². The Labute approximate surface area is 123 Å². The number of carbonyl (C=O) groups excluding carboxylic acids is 1. The fraction of sp³-hybridized carbons (Fsp3) is 0.125. The van der Waals surface area contributed by atoms with Crippen molar-refractivity contribution in [2.45, 2.75) is 6.54 Å². The van der Waals surface area contributed by atoms with E-state index in [1.165, 1.54) is 0 Å². The van der Waals surface area contributed by atoms with Crippen molar-refractivity contribution in [1.29, 1.82) is 0 Å². The molecule has 0 radical (unpaired) electrons. The van der Waals surface area contributed by atoms with E-state index in [-0.39, 0.29) is 6.03 Å². The number of rotatable bonds is 5. The molecule has 0 atom stereocenters. The monoisotopic (exact) mass is 283 g/mol. The van der Waals surface area contributed by atoms with Crippen molar-refractivity contribution in [2.24, 2.45) is 0 Å². The first-order valence-electron chi connectivity index (χ1n) is 6.52. The van der Waals surface area contributed by atoms with Gasteiger partial charge in [-0.3, -0.25) is 4.98 Å². The van der Waals surface area contributed by atoms with E-state index in [2.05, 4.69) is 15.6 Å². The van der Waals surface area contributed by atoms with Crippen LogP contribution in [-0.4, -0.2) is 18.1 Å². The van der Waals surface area contributed by atoms with Crippen molar-refractivity contribution in [3.8, 4) is 5.75 Å². The molecule has 2 rings (SSSR count). The van der Waals surface area contributed by atoms with E-state index in [0.29, 0.717) is 6.54 Å². The summed E-state index contributed by atoms with van der Waals surface area (Å²) in [7, 11) is 1.62. The molecule has 2 N–H and O–H groups in total. The molecule has 0 aliphatic heterocycles. The van der Waals surface area contributed by atoms with E-state index in [9.17, 15) is 4.79 Å². The summed E-state index contributed by atoms with van der Waals surface area (Å²) in [6.07, 6.45) is 6.78. The van der Waals surface area contributed by atoms with Crippen LogP contribution in [0.1, 0.15) is 11.1 Å². The number of nitrogens with one attached hydrogen (secondary N) is 2. The summed E-state index contributed by atoms with van der Waals surface area (Å²) in [5.74, 6) is 0.777. The first-order chi connectivity index (χ1) is 10.3. The molecule has 5 heteroatoms. The van der Waals surface area contributed by atoms with Gasteiger partial charge in [0.05, 0.1) is 7.11 Å². The van der Waals surface area contributed by atoms with Gasteiger partial charge in [-0.05, 0) is 41.5 Å². The molecule has 1 aromatic carbocycles. The summed E-state index contributed by atoms with van der Waals surface area (Å²) in [4.78, 5) is 15.5. The summed E-state index contributed by atoms with van der Waals surface area (Å²) in [5, 5.41) is 5.41. The van der Waals surface area contributed by atoms with Crippen molar-refractivity contribution >= 4 is 12.1 Å². The molecule has 0 spiro atoms. The Kier molecular flexibility index (Phi) is 5.34. The van der Waals surface area contributed by atoms with E-state index >= 15 is 0 Å². The van der Waals surface area contributed by atoms with E-state index in [1.807, 2.05) is 36.4 Å². The van der Waals surface area contributed by atoms with Crippen LogP contribution in [0.5, 0.6) is 5.75 Å². The second-order valence-electron chi connectivity index (χ2n) is 4.29. The number of carbonyl (C=O) groups is 1. The summed E-state index contributed by atoms with van der Waals surface area (Å²) in [5.41, 5.74) is 1.95. The molecule has 0 fully saturated rings. The largest absolute Gasteiger partial charge is 0.497 e. The van der Waals surface area contributed by atoms with Gasteiger partial charge in [-0.15, -0.1) is 0 Å². The van der Waals surface area contributed by atoms with Crippen molar-refractivity contribution in [3.05, 3.63) is 66.1 Å². The molecule has 0 aliphatic rings. The van der Waals surface area contributed by atoms with Gasteiger partial charge in [-0.25, -0.2) is 4.79 Å². The lowest BCUT2D eigenvalue weighted by Crippen LogP contribution is -2.31. The second kappa shape index (κ2) is 7.69. The average molecular weight is 283 g/mol. The van der Waals surface area contributed by atoms with Gasteiger partial charge in [0, 0.05) is 25.1 Å². The molecule has 0 bridgehead atoms. The Bertz CT molecular complexity index is 612. The Balaban J connectivity index is 1.79. The van der Waals surface area contributed by atoms with Crippen LogP contribution >= 0.6 is 0 Å². The first kappa shape index (κ1) is 14.6. The van der Waals surface area contributed by atoms with Gasteiger partial charge < -0.3 is 15.4 Å². The maximum Gasteiger partial charge on any atom is 0.319 e. The van der Waals surface area contributed by atoms with Gasteiger partial charge in [0.15, 0.2) is 0 Å². The topological polar surface area (TPSA) is 63.2 Å². The van der Waals surface area contributed by atoms with Gasteiger partial charge in [0.25, 0.3) is 0 Å². The number of nitrogens with zero attached hydrogens (tertiary/aromatic N) is 1. The fourth-order valence-corrected chi connectivity index (χ4v) is 1.69. The highest BCUT2D eigenvalue weighted by atomic mass is 16.5. The molecule has 2 aromatic rings. The zero-order valence-corrected chi connectivity index (χ0v) is 11.7. The van der Waals surface area contributed by atoms with Crippen molar-refractivity contribution in [1.82, 2.24) is 15.6 Å². The normalized spacial score (nSPS) is 10.3. The maximum absolute atomic E-state index is 11.6. The number of ether oxygens (including phenoxy) is 1. The molecule has 0 aliphatic carbocycles. The molecule has 0 unspecified atom stereocenters. The molecular formula is C16H17N3O2. The minimum atomic E-state index is -0.258. The van der Waals surface area contributed by atoms with Crippen LogP contribution in [-0.2, 0) is 6.54 Å². The number of pyridine rings is 1. The lowest BCUT2D eigenvalue weighted by molar-refractivity contribution is 0.244. The minimum Gasteiger partial charge on any atom is -0.497 e. The molecule has 108 valence electrons. The Morgan fingerprint density at radius 2 is 2.10 bits per heavy atom. The molecule has 2 amide bonds. The zero-order valence-electron chi connectivity index (χ0n) is 11.7. The van der Waals surface area contributed by atoms with Crippen LogP contribution in [0.15, 0.2) is 55.0 Å². The number of methoxy groups -OCH3 is 1. The van der Waals surface area contributed by atoms with E-state index in [0.717, 1.165) is 16.9 Å². The van der Waals surface area contributed by atoms with Crippen LogP contribution in [0.4, 0.5) is 4.79 Å². The average Bonchev–Trinajstić information content (AvgIpc) is 2.54. The van der Waals surface area contributed by atoms with Gasteiger partial charge in [-0.2, -0.15) is 0 Å². The molecule has 5 nitrogen and oxygen atoms in total. The van der Waals surface area contributed by atoms with Gasteiger partial charge in [0.1, 0.15) is 5.75 Å². The molecule has 0 saturated carbocycles. The molecule has 0 saturated heterocycles. The summed E-state index contributed by atoms with van der Waals surface area (Å²) < 4.78 is 5.13. The highest BCUT2D eigenvalue weighted by Crippen LogP contribution is 2.13. The van der Waals surface area contributed by atoms with Crippen LogP contribution in [0, 0.1) is 0 Å². The Morgan fingerprint density at radius 3 is 2.86 bits per heavy atom. The molecule has 21 heavy (non-hydrogen) atoms. The SMILES string of the molecule is COc1cccc(/C=C/NC(=O)NCc2ccncc2)c1. The smallest absolute Gasteiger partial charge is 0.319 e. The third-order valence-corrected chi connectivity index (χ3v) is 2.79. The lowest BCUT2D eigenvalue weighted by atomic mass is 10.2. The summed E-state index contributed by atoms with van der Waals surface area (Å²) in [6.45, 7) is 0.460. The second-order valence-corrected chi connectivity index (χ2v) is 4.29. The number of amides is 2. The molecular weight excluding hydrogens is 266 g/mol. The molecule has 1 heterocycles. The predicted molar refractivity (Wildman–Crippen MR) is 81.6 cm³/mol. The lowest BCUT2D eigenvalue weighted by Gasteiger charge is -2.04. The standard InChI is InChI=1S/C16H17N3O2/c1-21-15-4-2-3-13(11-15)7-10-18-16(20)19-12-14-5-8-17-9-6-14/h2-11H,12H2,1H3,(H2,18,19,20)/b10-7+. The third-order valence-electron chi connectivity index (χ3n) is 2.79. The Hall–Kier alpha value is -2.82. The minimum absolute atomic E-state index is 0.258. The van der Waals surface area contributed by atoms with E-state index in [1.54, 1.807) is 31.8 Å². The van der Waals surface area contributed by atoms with E-state index < -0.39 is 0 Å². The van der Waals surface area contributed by atoms with Gasteiger partial charge in [-0.1, -0.05) is 12.1 Å². The van der Waals surface area contributed by atoms with Crippen molar-refractivity contribution in [3.63, 3.8) is 0 Å². The van der Waals surface area contributed by atoms with Crippen molar-refractivity contribution in [2.75, 3.05) is 7.11 Å². The maximum atomic E-state index is 11.6. The Morgan fingerprint density at radius 1 is 1.29 bits per heavy atom. The van der Waals surface area contributed by atoms with Crippen LogP contribution in [0.2, 0.25) is 0 Å².